The number of carbonyl (C=O) groups is 2. The van der Waals surface area contributed by atoms with Crippen molar-refractivity contribution in [2.24, 2.45) is 0 Å². The van der Waals surface area contributed by atoms with Gasteiger partial charge in [-0.2, -0.15) is 17.0 Å². The summed E-state index contributed by atoms with van der Waals surface area (Å²) in [4.78, 5) is 26.5. The van der Waals surface area contributed by atoms with Gasteiger partial charge in [0.15, 0.2) is 0 Å². The molecular weight excluding hydrogens is 462 g/mol. The first-order chi connectivity index (χ1) is 16.1. The second kappa shape index (κ2) is 11.1. The van der Waals surface area contributed by atoms with E-state index in [0.29, 0.717) is 24.4 Å². The normalized spacial score (nSPS) is 16.1. The standard InChI is InChI=1S/C26H33N3O3SSi/c1-32-22-10-6-8-20(16-22)19-7-5-9-21(15-19)24(30)28-23(17-34(2,3)4)25(31)29-26(18-27)11-13-33-14-12-26/h5-10,15-16,23H,11-14,17H2,1-4H3,(H,28,30)(H,29,31)/t23-/m0/s1. The summed E-state index contributed by atoms with van der Waals surface area (Å²) in [6, 6.07) is 17.2. The molecule has 0 spiro atoms. The molecule has 8 heteroatoms. The SMILES string of the molecule is COc1cccc(-c2cccc(C(=O)N[C@@H](C[Si](C)(C)C)C(=O)NC3(C#N)CCSCC3)c2)c1. The van der Waals surface area contributed by atoms with Gasteiger partial charge in [0, 0.05) is 13.6 Å². The van der Waals surface area contributed by atoms with Crippen molar-refractivity contribution in [2.45, 2.75) is 50.1 Å². The fraction of sp³-hybridized carbons (Fsp3) is 0.423. The van der Waals surface area contributed by atoms with Crippen molar-refractivity contribution < 1.29 is 14.3 Å². The Morgan fingerprint density at radius 1 is 1.12 bits per heavy atom. The molecule has 0 aliphatic carbocycles. The van der Waals surface area contributed by atoms with Crippen LogP contribution < -0.4 is 15.4 Å². The van der Waals surface area contributed by atoms with E-state index in [4.69, 9.17) is 4.74 Å². The number of rotatable bonds is 8. The number of thioether (sulfide) groups is 1. The molecule has 2 aromatic rings. The molecule has 1 heterocycles. The van der Waals surface area contributed by atoms with Gasteiger partial charge in [-0.3, -0.25) is 9.59 Å². The van der Waals surface area contributed by atoms with Gasteiger partial charge in [0.2, 0.25) is 5.91 Å². The summed E-state index contributed by atoms with van der Waals surface area (Å²) < 4.78 is 5.32. The van der Waals surface area contributed by atoms with E-state index < -0.39 is 19.7 Å². The van der Waals surface area contributed by atoms with E-state index in [-0.39, 0.29) is 11.8 Å². The second-order valence-electron chi connectivity index (χ2n) is 9.90. The van der Waals surface area contributed by atoms with Crippen molar-refractivity contribution in [2.75, 3.05) is 18.6 Å². The van der Waals surface area contributed by atoms with Crippen molar-refractivity contribution in [3.63, 3.8) is 0 Å². The van der Waals surface area contributed by atoms with Crippen LogP contribution in [-0.2, 0) is 4.79 Å². The lowest BCUT2D eigenvalue weighted by Crippen LogP contribution is -2.57. The molecule has 6 nitrogen and oxygen atoms in total. The molecule has 1 aliphatic rings. The Kier molecular flexibility index (Phi) is 8.45. The van der Waals surface area contributed by atoms with Gasteiger partial charge < -0.3 is 15.4 Å². The van der Waals surface area contributed by atoms with Crippen LogP contribution in [0.5, 0.6) is 5.75 Å². The van der Waals surface area contributed by atoms with Gasteiger partial charge in [0.1, 0.15) is 17.3 Å². The van der Waals surface area contributed by atoms with Gasteiger partial charge in [0.05, 0.1) is 13.2 Å². The maximum atomic E-state index is 13.3. The molecule has 2 amide bonds. The minimum absolute atomic E-state index is 0.270. The van der Waals surface area contributed by atoms with Crippen LogP contribution in [0, 0.1) is 11.3 Å². The first kappa shape index (κ1) is 25.9. The Morgan fingerprint density at radius 2 is 1.76 bits per heavy atom. The number of nitrogens with zero attached hydrogens (tertiary/aromatic N) is 1. The fourth-order valence-electron chi connectivity index (χ4n) is 4.01. The quantitative estimate of drug-likeness (QED) is 0.518. The summed E-state index contributed by atoms with van der Waals surface area (Å²) in [6.07, 6.45) is 1.24. The maximum Gasteiger partial charge on any atom is 0.251 e. The van der Waals surface area contributed by atoms with E-state index in [9.17, 15) is 14.9 Å². The molecule has 0 bridgehead atoms. The maximum absolute atomic E-state index is 13.3. The molecule has 34 heavy (non-hydrogen) atoms. The molecule has 180 valence electrons. The number of hydrogen-bond acceptors (Lipinski definition) is 5. The third-order valence-electron chi connectivity index (χ3n) is 5.89. The summed E-state index contributed by atoms with van der Waals surface area (Å²) in [7, 11) is -0.0814. The fourth-order valence-corrected chi connectivity index (χ4v) is 6.72. The number of benzene rings is 2. The molecule has 2 aromatic carbocycles. The van der Waals surface area contributed by atoms with Crippen LogP contribution in [0.1, 0.15) is 23.2 Å². The van der Waals surface area contributed by atoms with Gasteiger partial charge in [-0.1, -0.05) is 43.9 Å². The zero-order chi connectivity index (χ0) is 24.8. The lowest BCUT2D eigenvalue weighted by atomic mass is 9.93. The number of nitriles is 1. The molecule has 1 atom stereocenters. The lowest BCUT2D eigenvalue weighted by molar-refractivity contribution is -0.124. The summed E-state index contributed by atoms with van der Waals surface area (Å²) >= 11 is 1.79. The van der Waals surface area contributed by atoms with Crippen molar-refractivity contribution in [3.05, 3.63) is 54.1 Å². The average molecular weight is 496 g/mol. The molecule has 1 aliphatic heterocycles. The molecule has 3 rings (SSSR count). The third kappa shape index (κ3) is 6.87. The van der Waals surface area contributed by atoms with Gasteiger partial charge in [0.25, 0.3) is 5.91 Å². The first-order valence-electron chi connectivity index (χ1n) is 11.5. The highest BCUT2D eigenvalue weighted by molar-refractivity contribution is 7.99. The van der Waals surface area contributed by atoms with Gasteiger partial charge in [-0.05, 0) is 65.8 Å². The van der Waals surface area contributed by atoms with E-state index in [1.807, 2.05) is 42.5 Å². The Hall–Kier alpha value is -2.76. The molecule has 1 saturated heterocycles. The topological polar surface area (TPSA) is 91.2 Å². The Bertz CT molecular complexity index is 1070. The van der Waals surface area contributed by atoms with Gasteiger partial charge in [-0.25, -0.2) is 0 Å². The van der Waals surface area contributed by atoms with Crippen molar-refractivity contribution in [1.82, 2.24) is 10.6 Å². The van der Waals surface area contributed by atoms with Crippen LogP contribution in [0.15, 0.2) is 48.5 Å². The van der Waals surface area contributed by atoms with Crippen LogP contribution in [0.2, 0.25) is 25.7 Å². The number of methoxy groups -OCH3 is 1. The average Bonchev–Trinajstić information content (AvgIpc) is 2.83. The lowest BCUT2D eigenvalue weighted by Gasteiger charge is -2.34. The van der Waals surface area contributed by atoms with Crippen LogP contribution in [-0.4, -0.2) is 50.1 Å². The molecule has 0 unspecified atom stereocenters. The van der Waals surface area contributed by atoms with Crippen LogP contribution in [0.3, 0.4) is 0 Å². The van der Waals surface area contributed by atoms with Gasteiger partial charge >= 0.3 is 0 Å². The van der Waals surface area contributed by atoms with Crippen LogP contribution >= 0.6 is 11.8 Å². The predicted molar refractivity (Wildman–Crippen MR) is 141 cm³/mol. The smallest absolute Gasteiger partial charge is 0.251 e. The minimum Gasteiger partial charge on any atom is -0.497 e. The molecule has 1 fully saturated rings. The van der Waals surface area contributed by atoms with Crippen molar-refractivity contribution in [1.29, 1.82) is 5.26 Å². The van der Waals surface area contributed by atoms with E-state index in [0.717, 1.165) is 28.4 Å². The Morgan fingerprint density at radius 3 is 2.38 bits per heavy atom. The predicted octanol–water partition coefficient (Wildman–Crippen LogP) is 4.70. The molecule has 0 saturated carbocycles. The molecule has 0 aromatic heterocycles. The van der Waals surface area contributed by atoms with Crippen molar-refractivity contribution >= 4 is 31.7 Å². The van der Waals surface area contributed by atoms with Crippen molar-refractivity contribution in [3.8, 4) is 22.9 Å². The van der Waals surface area contributed by atoms with Crippen LogP contribution in [0.4, 0.5) is 0 Å². The molecular formula is C26H33N3O3SSi. The van der Waals surface area contributed by atoms with E-state index in [1.54, 1.807) is 24.9 Å². The summed E-state index contributed by atoms with van der Waals surface area (Å²) in [6.45, 7) is 6.50. The number of nitrogens with one attached hydrogen (secondary N) is 2. The van der Waals surface area contributed by atoms with E-state index in [1.165, 1.54) is 0 Å². The number of carbonyl (C=O) groups excluding carboxylic acids is 2. The minimum atomic E-state index is -1.70. The highest BCUT2D eigenvalue weighted by Crippen LogP contribution is 2.27. The molecule has 0 radical (unpaired) electrons. The number of ether oxygens (including phenoxy) is 1. The van der Waals surface area contributed by atoms with E-state index >= 15 is 0 Å². The first-order valence-corrected chi connectivity index (χ1v) is 16.4. The zero-order valence-electron chi connectivity index (χ0n) is 20.3. The Labute approximate surface area is 207 Å². The molecule has 2 N–H and O–H groups in total. The second-order valence-corrected chi connectivity index (χ2v) is 16.7. The van der Waals surface area contributed by atoms with E-state index in [2.05, 4.69) is 36.3 Å². The largest absolute Gasteiger partial charge is 0.497 e. The summed E-state index contributed by atoms with van der Waals surface area (Å²) in [5.41, 5.74) is 1.46. The van der Waals surface area contributed by atoms with Crippen LogP contribution in [0.25, 0.3) is 11.1 Å². The third-order valence-corrected chi connectivity index (χ3v) is 8.51. The number of amides is 2. The zero-order valence-corrected chi connectivity index (χ0v) is 22.1. The summed E-state index contributed by atoms with van der Waals surface area (Å²) in [5, 5.41) is 15.7. The number of hydrogen-bond donors (Lipinski definition) is 2. The Balaban J connectivity index is 1.80. The highest BCUT2D eigenvalue weighted by atomic mass is 32.2. The summed E-state index contributed by atoms with van der Waals surface area (Å²) in [5.74, 6) is 1.86. The highest BCUT2D eigenvalue weighted by Gasteiger charge is 2.37. The monoisotopic (exact) mass is 495 g/mol. The van der Waals surface area contributed by atoms with Gasteiger partial charge in [-0.15, -0.1) is 0 Å².